The van der Waals surface area contributed by atoms with Crippen LogP contribution in [0, 0.1) is 5.41 Å². The van der Waals surface area contributed by atoms with Crippen molar-refractivity contribution < 1.29 is 15.2 Å². The highest BCUT2D eigenvalue weighted by molar-refractivity contribution is 6.43. The quantitative estimate of drug-likeness (QED) is 0.521. The van der Waals surface area contributed by atoms with Crippen LogP contribution in [-0.4, -0.2) is 28.4 Å². The number of aliphatic hydroxyl groups excluding tert-OH is 1. The third-order valence-corrected chi connectivity index (χ3v) is 4.02. The van der Waals surface area contributed by atoms with Gasteiger partial charge >= 0.3 is 7.12 Å². The Hall–Kier alpha value is -0.0551. The summed E-state index contributed by atoms with van der Waals surface area (Å²) in [6, 6.07) is 0. The molecule has 3 N–H and O–H groups in total. The van der Waals surface area contributed by atoms with Crippen molar-refractivity contribution in [3.05, 3.63) is 0 Å². The lowest BCUT2D eigenvalue weighted by atomic mass is 9.41. The molecule has 0 aromatic carbocycles. The lowest BCUT2D eigenvalue weighted by Gasteiger charge is -2.55. The van der Waals surface area contributed by atoms with Gasteiger partial charge < -0.3 is 15.2 Å². The maximum absolute atomic E-state index is 9.72. The summed E-state index contributed by atoms with van der Waals surface area (Å²) in [5.74, 6) is -0.0807. The van der Waals surface area contributed by atoms with Crippen molar-refractivity contribution in [1.29, 1.82) is 0 Å². The number of hydrogen-bond acceptors (Lipinski definition) is 3. The van der Waals surface area contributed by atoms with Crippen molar-refractivity contribution in [2.24, 2.45) is 5.41 Å². The second kappa shape index (κ2) is 3.26. The van der Waals surface area contributed by atoms with E-state index in [9.17, 15) is 5.11 Å². The highest BCUT2D eigenvalue weighted by Crippen LogP contribution is 2.59. The van der Waals surface area contributed by atoms with Crippen LogP contribution in [0.1, 0.15) is 38.5 Å². The number of rotatable bonds is 1. The van der Waals surface area contributed by atoms with Crippen molar-refractivity contribution in [1.82, 2.24) is 0 Å². The second-order valence-corrected chi connectivity index (χ2v) is 4.57. The first-order valence-corrected chi connectivity index (χ1v) is 5.21. The Kier molecular flexibility index (Phi) is 2.38. The van der Waals surface area contributed by atoms with Gasteiger partial charge in [0.2, 0.25) is 0 Å². The topological polar surface area (TPSA) is 60.7 Å². The molecular formula is C9H17BO3. The summed E-state index contributed by atoms with van der Waals surface area (Å²) >= 11 is 0. The molecule has 0 aliphatic heterocycles. The van der Waals surface area contributed by atoms with Crippen molar-refractivity contribution >= 4 is 7.12 Å². The molecule has 2 unspecified atom stereocenters. The normalized spacial score (nSPS) is 37.2. The Bertz CT molecular complexity index is 189. The highest BCUT2D eigenvalue weighted by atomic mass is 16.4. The zero-order chi connectivity index (χ0) is 9.47. The first kappa shape index (κ1) is 9.50. The van der Waals surface area contributed by atoms with E-state index in [2.05, 4.69) is 0 Å². The van der Waals surface area contributed by atoms with Gasteiger partial charge in [-0.3, -0.25) is 0 Å². The fraction of sp³-hybridized carbons (Fsp3) is 1.00. The van der Waals surface area contributed by atoms with E-state index in [1.165, 1.54) is 6.42 Å². The molecule has 0 saturated heterocycles. The lowest BCUT2D eigenvalue weighted by Crippen LogP contribution is -2.56. The zero-order valence-corrected chi connectivity index (χ0v) is 7.82. The Labute approximate surface area is 78.9 Å². The maximum atomic E-state index is 9.72. The molecule has 74 valence electrons. The smallest absolute Gasteiger partial charge is 0.427 e. The molecule has 2 rings (SSSR count). The molecule has 2 aliphatic carbocycles. The van der Waals surface area contributed by atoms with E-state index < -0.39 is 7.12 Å². The van der Waals surface area contributed by atoms with Crippen LogP contribution in [-0.2, 0) is 0 Å². The van der Waals surface area contributed by atoms with E-state index in [0.717, 1.165) is 25.7 Å². The molecule has 2 aliphatic rings. The third kappa shape index (κ3) is 1.32. The molecule has 0 bridgehead atoms. The van der Waals surface area contributed by atoms with E-state index in [-0.39, 0.29) is 17.3 Å². The van der Waals surface area contributed by atoms with E-state index >= 15 is 0 Å². The summed E-state index contributed by atoms with van der Waals surface area (Å²) in [5.41, 5.74) is -0.146. The Balaban J connectivity index is 2.08. The van der Waals surface area contributed by atoms with E-state index in [0.29, 0.717) is 6.42 Å². The molecular weight excluding hydrogens is 167 g/mol. The maximum Gasteiger partial charge on any atom is 0.455 e. The van der Waals surface area contributed by atoms with Gasteiger partial charge in [-0.1, -0.05) is 19.3 Å². The molecule has 13 heavy (non-hydrogen) atoms. The summed E-state index contributed by atoms with van der Waals surface area (Å²) < 4.78 is 0. The van der Waals surface area contributed by atoms with Crippen LogP contribution < -0.4 is 0 Å². The number of hydrogen-bond donors (Lipinski definition) is 3. The van der Waals surface area contributed by atoms with E-state index in [1.807, 2.05) is 0 Å². The fourth-order valence-corrected chi connectivity index (χ4v) is 3.13. The monoisotopic (exact) mass is 184 g/mol. The van der Waals surface area contributed by atoms with E-state index in [1.54, 1.807) is 0 Å². The molecule has 0 aromatic heterocycles. The van der Waals surface area contributed by atoms with Gasteiger partial charge in [-0.15, -0.1) is 0 Å². The van der Waals surface area contributed by atoms with Gasteiger partial charge in [0, 0.05) is 5.82 Å². The average molecular weight is 184 g/mol. The minimum absolute atomic E-state index is 0.0807. The molecule has 2 saturated carbocycles. The molecule has 3 nitrogen and oxygen atoms in total. The van der Waals surface area contributed by atoms with Gasteiger partial charge in [-0.05, 0) is 24.7 Å². The summed E-state index contributed by atoms with van der Waals surface area (Å²) in [4.78, 5) is 0. The van der Waals surface area contributed by atoms with Crippen LogP contribution in [0.25, 0.3) is 0 Å². The Morgan fingerprint density at radius 2 is 1.69 bits per heavy atom. The third-order valence-electron chi connectivity index (χ3n) is 4.02. The first-order chi connectivity index (χ1) is 6.17. The van der Waals surface area contributed by atoms with Crippen LogP contribution in [0.5, 0.6) is 0 Å². The van der Waals surface area contributed by atoms with Gasteiger partial charge in [0.05, 0.1) is 6.10 Å². The fourth-order valence-electron chi connectivity index (χ4n) is 3.13. The summed E-state index contributed by atoms with van der Waals surface area (Å²) in [6.45, 7) is 0. The summed E-state index contributed by atoms with van der Waals surface area (Å²) in [7, 11) is -1.23. The first-order valence-electron chi connectivity index (χ1n) is 5.21. The highest BCUT2D eigenvalue weighted by Gasteiger charge is 2.58. The molecule has 1 spiro atoms. The van der Waals surface area contributed by atoms with Crippen LogP contribution >= 0.6 is 0 Å². The number of aliphatic hydroxyl groups is 1. The molecule has 0 aromatic rings. The summed E-state index contributed by atoms with van der Waals surface area (Å²) in [5, 5.41) is 28.0. The molecule has 0 heterocycles. The second-order valence-electron chi connectivity index (χ2n) is 4.57. The molecule has 2 fully saturated rings. The minimum Gasteiger partial charge on any atom is -0.427 e. The van der Waals surface area contributed by atoms with Crippen molar-refractivity contribution in [2.75, 3.05) is 0 Å². The predicted molar refractivity (Wildman–Crippen MR) is 50.1 cm³/mol. The van der Waals surface area contributed by atoms with Gasteiger partial charge in [-0.2, -0.15) is 0 Å². The van der Waals surface area contributed by atoms with Crippen molar-refractivity contribution in [2.45, 2.75) is 50.4 Å². The Morgan fingerprint density at radius 1 is 1.08 bits per heavy atom. The zero-order valence-electron chi connectivity index (χ0n) is 7.82. The standard InChI is InChI=1S/C9H17BO3/c11-8-6-7(10(12)13)9(8)4-2-1-3-5-9/h7-8,11-13H,1-6H2. The molecule has 4 heteroatoms. The Morgan fingerprint density at radius 3 is 2.15 bits per heavy atom. The summed E-state index contributed by atoms with van der Waals surface area (Å²) in [6.07, 6.45) is 5.69. The van der Waals surface area contributed by atoms with Crippen LogP contribution in [0.2, 0.25) is 5.82 Å². The minimum atomic E-state index is -1.23. The van der Waals surface area contributed by atoms with Crippen LogP contribution in [0.15, 0.2) is 0 Å². The van der Waals surface area contributed by atoms with Gasteiger partial charge in [-0.25, -0.2) is 0 Å². The van der Waals surface area contributed by atoms with Gasteiger partial charge in [0.15, 0.2) is 0 Å². The molecule has 0 radical (unpaired) electrons. The SMILES string of the molecule is OB(O)C1CC(O)C12CCCCC2. The lowest BCUT2D eigenvalue weighted by molar-refractivity contribution is -0.0944. The van der Waals surface area contributed by atoms with Crippen LogP contribution in [0.3, 0.4) is 0 Å². The van der Waals surface area contributed by atoms with E-state index in [4.69, 9.17) is 10.0 Å². The van der Waals surface area contributed by atoms with Crippen molar-refractivity contribution in [3.63, 3.8) is 0 Å². The van der Waals surface area contributed by atoms with Gasteiger partial charge in [0.25, 0.3) is 0 Å². The molecule has 0 amide bonds. The average Bonchev–Trinajstić information content (AvgIpc) is 2.15. The molecule has 2 atom stereocenters. The largest absolute Gasteiger partial charge is 0.455 e. The van der Waals surface area contributed by atoms with Crippen molar-refractivity contribution in [3.8, 4) is 0 Å². The predicted octanol–water partition coefficient (Wildman–Crippen LogP) is 0.544. The van der Waals surface area contributed by atoms with Gasteiger partial charge in [0.1, 0.15) is 0 Å². The van der Waals surface area contributed by atoms with Crippen LogP contribution in [0.4, 0.5) is 0 Å².